The van der Waals surface area contributed by atoms with E-state index in [0.717, 1.165) is 5.56 Å². The third-order valence-electron chi connectivity index (χ3n) is 3.42. The van der Waals surface area contributed by atoms with Crippen LogP contribution in [0.15, 0.2) is 18.2 Å². The highest BCUT2D eigenvalue weighted by Gasteiger charge is 2.34. The maximum absolute atomic E-state index is 13.1. The predicted octanol–water partition coefficient (Wildman–Crippen LogP) is 2.05. The van der Waals surface area contributed by atoms with Crippen LogP contribution in [0.3, 0.4) is 0 Å². The molecule has 0 fully saturated rings. The monoisotopic (exact) mass is 299 g/mol. The number of benzene rings is 1. The Morgan fingerprint density at radius 1 is 1.65 bits per heavy atom. The molecular weight excluding hydrogens is 281 g/mol. The Hall–Kier alpha value is -1.27. The van der Waals surface area contributed by atoms with Crippen LogP contribution in [0, 0.1) is 5.82 Å². The van der Waals surface area contributed by atoms with E-state index >= 15 is 0 Å². The highest BCUT2D eigenvalue weighted by molar-refractivity contribution is 8.00. The summed E-state index contributed by atoms with van der Waals surface area (Å²) in [6.07, 6.45) is 0.565. The van der Waals surface area contributed by atoms with Crippen LogP contribution < -0.4 is 10.5 Å². The zero-order valence-electron chi connectivity index (χ0n) is 11.4. The molecule has 1 aromatic carbocycles. The van der Waals surface area contributed by atoms with Crippen LogP contribution in [0.1, 0.15) is 19.4 Å². The van der Waals surface area contributed by atoms with E-state index in [2.05, 4.69) is 0 Å². The van der Waals surface area contributed by atoms with Gasteiger partial charge in [0.15, 0.2) is 0 Å². The summed E-state index contributed by atoms with van der Waals surface area (Å²) in [6, 6.07) is 3.55. The van der Waals surface area contributed by atoms with E-state index in [1.54, 1.807) is 19.9 Å². The Balaban J connectivity index is 1.93. The molecule has 6 heteroatoms. The molecule has 1 aromatic rings. The van der Waals surface area contributed by atoms with Crippen LogP contribution in [-0.2, 0) is 11.2 Å². The lowest BCUT2D eigenvalue weighted by Crippen LogP contribution is -2.47. The lowest BCUT2D eigenvalue weighted by atomic mass is 10.1. The normalized spacial score (nSPS) is 19.3. The fourth-order valence-electron chi connectivity index (χ4n) is 2.08. The van der Waals surface area contributed by atoms with Gasteiger partial charge >= 0.3 is 5.97 Å². The smallest absolute Gasteiger partial charge is 0.321 e. The van der Waals surface area contributed by atoms with Gasteiger partial charge in [0.1, 0.15) is 23.7 Å². The van der Waals surface area contributed by atoms with E-state index in [0.29, 0.717) is 17.9 Å². The number of carboxylic acid groups (broad SMARTS) is 1. The van der Waals surface area contributed by atoms with Crippen LogP contribution in [-0.4, -0.2) is 33.7 Å². The SMILES string of the molecule is CC(C)(SCC1Cc2cc(F)ccc2O1)[C@H](N)C(=O)O. The van der Waals surface area contributed by atoms with E-state index in [-0.39, 0.29) is 11.9 Å². The number of fused-ring (bicyclic) bond motifs is 1. The number of aliphatic carboxylic acids is 1. The van der Waals surface area contributed by atoms with Crippen LogP contribution >= 0.6 is 11.8 Å². The van der Waals surface area contributed by atoms with Gasteiger partial charge in [-0.3, -0.25) is 4.79 Å². The summed E-state index contributed by atoms with van der Waals surface area (Å²) >= 11 is 1.46. The van der Waals surface area contributed by atoms with Gasteiger partial charge in [-0.1, -0.05) is 0 Å². The van der Waals surface area contributed by atoms with Crippen molar-refractivity contribution in [2.45, 2.75) is 37.2 Å². The van der Waals surface area contributed by atoms with E-state index < -0.39 is 16.8 Å². The number of thioether (sulfide) groups is 1. The molecule has 0 amide bonds. The maximum atomic E-state index is 13.1. The molecule has 0 aliphatic carbocycles. The second kappa shape index (κ2) is 5.61. The van der Waals surface area contributed by atoms with Crippen molar-refractivity contribution < 1.29 is 19.0 Å². The summed E-state index contributed by atoms with van der Waals surface area (Å²) in [7, 11) is 0. The van der Waals surface area contributed by atoms with Gasteiger partial charge in [-0.25, -0.2) is 4.39 Å². The summed E-state index contributed by atoms with van der Waals surface area (Å²) < 4.78 is 18.2. The van der Waals surface area contributed by atoms with Gasteiger partial charge in [0.05, 0.1) is 0 Å². The van der Waals surface area contributed by atoms with Gasteiger partial charge in [-0.05, 0) is 32.0 Å². The molecule has 1 aliphatic heterocycles. The molecule has 2 rings (SSSR count). The van der Waals surface area contributed by atoms with Crippen molar-refractivity contribution in [3.05, 3.63) is 29.6 Å². The van der Waals surface area contributed by atoms with Crippen molar-refractivity contribution in [3.8, 4) is 5.75 Å². The maximum Gasteiger partial charge on any atom is 0.321 e. The number of nitrogens with two attached hydrogens (primary N) is 1. The van der Waals surface area contributed by atoms with E-state index in [9.17, 15) is 9.18 Å². The van der Waals surface area contributed by atoms with Crippen LogP contribution in [0.2, 0.25) is 0 Å². The van der Waals surface area contributed by atoms with Crippen LogP contribution in [0.4, 0.5) is 4.39 Å². The van der Waals surface area contributed by atoms with E-state index in [1.165, 1.54) is 23.9 Å². The highest BCUT2D eigenvalue weighted by atomic mass is 32.2. The fourth-order valence-corrected chi connectivity index (χ4v) is 3.16. The number of ether oxygens (including phenoxy) is 1. The molecule has 110 valence electrons. The lowest BCUT2D eigenvalue weighted by molar-refractivity contribution is -0.139. The van der Waals surface area contributed by atoms with Crippen molar-refractivity contribution >= 4 is 17.7 Å². The Labute approximate surface area is 121 Å². The topological polar surface area (TPSA) is 72.5 Å². The summed E-state index contributed by atoms with van der Waals surface area (Å²) in [4.78, 5) is 10.9. The van der Waals surface area contributed by atoms with Crippen molar-refractivity contribution in [3.63, 3.8) is 0 Å². The molecule has 1 aliphatic rings. The van der Waals surface area contributed by atoms with E-state index in [4.69, 9.17) is 15.6 Å². The molecular formula is C14H18FNO3S. The molecule has 0 radical (unpaired) electrons. The first-order valence-electron chi connectivity index (χ1n) is 6.37. The first-order chi connectivity index (χ1) is 9.29. The fraction of sp³-hybridized carbons (Fsp3) is 0.500. The number of hydrogen-bond acceptors (Lipinski definition) is 4. The van der Waals surface area contributed by atoms with Gasteiger partial charge < -0.3 is 15.6 Å². The zero-order valence-corrected chi connectivity index (χ0v) is 12.2. The number of carbonyl (C=O) groups is 1. The summed E-state index contributed by atoms with van der Waals surface area (Å²) in [5, 5.41) is 8.97. The number of rotatable bonds is 5. The molecule has 0 spiro atoms. The summed E-state index contributed by atoms with van der Waals surface area (Å²) in [6.45, 7) is 3.61. The number of halogens is 1. The standard InChI is InChI=1S/C14H18FNO3S/c1-14(2,12(16)13(17)18)20-7-10-6-8-5-9(15)3-4-11(8)19-10/h3-5,10,12H,6-7,16H2,1-2H3,(H,17,18)/t10?,12-/m1/s1. The molecule has 0 saturated heterocycles. The lowest BCUT2D eigenvalue weighted by Gasteiger charge is -2.29. The second-order valence-electron chi connectivity index (χ2n) is 5.43. The highest BCUT2D eigenvalue weighted by Crippen LogP contribution is 2.34. The van der Waals surface area contributed by atoms with Crippen molar-refractivity contribution in [1.82, 2.24) is 0 Å². The third kappa shape index (κ3) is 3.24. The molecule has 20 heavy (non-hydrogen) atoms. The Kier molecular flexibility index (Phi) is 4.25. The van der Waals surface area contributed by atoms with Crippen LogP contribution in [0.25, 0.3) is 0 Å². The largest absolute Gasteiger partial charge is 0.489 e. The number of hydrogen-bond donors (Lipinski definition) is 2. The Morgan fingerprint density at radius 2 is 2.35 bits per heavy atom. The average molecular weight is 299 g/mol. The minimum absolute atomic E-state index is 0.0722. The molecule has 4 nitrogen and oxygen atoms in total. The molecule has 1 unspecified atom stereocenters. The van der Waals surface area contributed by atoms with Gasteiger partial charge in [0, 0.05) is 22.5 Å². The molecule has 2 atom stereocenters. The molecule has 1 heterocycles. The molecule has 0 aromatic heterocycles. The molecule has 0 bridgehead atoms. The second-order valence-corrected chi connectivity index (χ2v) is 7.10. The third-order valence-corrected chi connectivity index (χ3v) is 4.96. The quantitative estimate of drug-likeness (QED) is 0.870. The van der Waals surface area contributed by atoms with E-state index in [1.807, 2.05) is 0 Å². The Morgan fingerprint density at radius 3 is 3.00 bits per heavy atom. The van der Waals surface area contributed by atoms with Gasteiger partial charge in [-0.2, -0.15) is 0 Å². The number of carboxylic acids is 1. The first-order valence-corrected chi connectivity index (χ1v) is 7.35. The van der Waals surface area contributed by atoms with Crippen molar-refractivity contribution in [2.24, 2.45) is 5.73 Å². The summed E-state index contributed by atoms with van der Waals surface area (Å²) in [5.41, 5.74) is 6.53. The average Bonchev–Trinajstić information content (AvgIpc) is 2.77. The van der Waals surface area contributed by atoms with Crippen LogP contribution in [0.5, 0.6) is 5.75 Å². The van der Waals surface area contributed by atoms with Gasteiger partial charge in [0.25, 0.3) is 0 Å². The van der Waals surface area contributed by atoms with Gasteiger partial charge in [-0.15, -0.1) is 11.8 Å². The predicted molar refractivity (Wildman–Crippen MR) is 76.7 cm³/mol. The minimum atomic E-state index is -1.01. The summed E-state index contributed by atoms with van der Waals surface area (Å²) in [5.74, 6) is 0.0380. The zero-order chi connectivity index (χ0) is 14.9. The molecule has 3 N–H and O–H groups in total. The van der Waals surface area contributed by atoms with Crippen molar-refractivity contribution in [2.75, 3.05) is 5.75 Å². The van der Waals surface area contributed by atoms with Gasteiger partial charge in [0.2, 0.25) is 0 Å². The molecule has 0 saturated carbocycles. The first kappa shape index (κ1) is 15.1. The minimum Gasteiger partial charge on any atom is -0.489 e. The Bertz CT molecular complexity index is 521. The van der Waals surface area contributed by atoms with Crippen molar-refractivity contribution in [1.29, 1.82) is 0 Å².